The Bertz CT molecular complexity index is 685. The highest BCUT2D eigenvalue weighted by molar-refractivity contribution is 7.89. The van der Waals surface area contributed by atoms with Crippen molar-refractivity contribution in [3.8, 4) is 0 Å². The third kappa shape index (κ3) is 7.08. The fraction of sp³-hybridized carbons (Fsp3) is 0.235. The zero-order valence-electron chi connectivity index (χ0n) is 13.0. The van der Waals surface area contributed by atoms with Crippen LogP contribution in [0.25, 0.3) is 0 Å². The lowest BCUT2D eigenvalue weighted by Crippen LogP contribution is -2.24. The first-order valence-corrected chi connectivity index (χ1v) is 8.78. The van der Waals surface area contributed by atoms with Crippen molar-refractivity contribution in [2.75, 3.05) is 6.54 Å². The molecule has 0 amide bonds. The summed E-state index contributed by atoms with van der Waals surface area (Å²) in [4.78, 5) is 10.5. The third-order valence-corrected chi connectivity index (χ3v) is 4.37. The van der Waals surface area contributed by atoms with Gasteiger partial charge >= 0.3 is 5.97 Å². The molecule has 2 N–H and O–H groups in total. The lowest BCUT2D eigenvalue weighted by Gasteiger charge is -2.04. The molecule has 0 aromatic heterocycles. The Hall–Kier alpha value is -2.18. The van der Waals surface area contributed by atoms with E-state index in [1.54, 1.807) is 60.7 Å². The van der Waals surface area contributed by atoms with Gasteiger partial charge in [0.05, 0.1) is 10.5 Å². The summed E-state index contributed by atoms with van der Waals surface area (Å²) in [7, 11) is -3.28. The van der Waals surface area contributed by atoms with E-state index in [0.717, 1.165) is 12.8 Å². The summed E-state index contributed by atoms with van der Waals surface area (Å²) >= 11 is 0. The van der Waals surface area contributed by atoms with Crippen LogP contribution in [0.5, 0.6) is 0 Å². The molecule has 23 heavy (non-hydrogen) atoms. The molecule has 6 heteroatoms. The van der Waals surface area contributed by atoms with Crippen molar-refractivity contribution in [1.29, 1.82) is 0 Å². The number of sulfonamides is 1. The average Bonchev–Trinajstić information content (AvgIpc) is 2.57. The molecule has 0 aliphatic carbocycles. The number of aromatic carboxylic acids is 1. The van der Waals surface area contributed by atoms with Crippen molar-refractivity contribution in [2.24, 2.45) is 0 Å². The number of carboxylic acids is 1. The fourth-order valence-electron chi connectivity index (χ4n) is 1.65. The molecule has 2 aromatic rings. The van der Waals surface area contributed by atoms with Crippen molar-refractivity contribution in [2.45, 2.75) is 24.7 Å². The third-order valence-electron chi connectivity index (χ3n) is 2.90. The van der Waals surface area contributed by atoms with Crippen LogP contribution in [0.2, 0.25) is 0 Å². The Balaban J connectivity index is 0.000000253. The molecule has 0 aliphatic rings. The first kappa shape index (κ1) is 18.9. The molecule has 0 aliphatic heterocycles. The van der Waals surface area contributed by atoms with Crippen molar-refractivity contribution in [1.82, 2.24) is 4.72 Å². The van der Waals surface area contributed by atoms with Gasteiger partial charge in [-0.2, -0.15) is 0 Å². The molecule has 2 rings (SSSR count). The summed E-state index contributed by atoms with van der Waals surface area (Å²) < 4.78 is 25.7. The van der Waals surface area contributed by atoms with Gasteiger partial charge in [-0.25, -0.2) is 17.9 Å². The molecule has 0 heterocycles. The second kappa shape index (κ2) is 9.76. The molecule has 0 fully saturated rings. The Kier molecular flexibility index (Phi) is 8.01. The summed E-state index contributed by atoms with van der Waals surface area (Å²) in [5.41, 5.74) is 0.331. The zero-order chi connectivity index (χ0) is 17.1. The van der Waals surface area contributed by atoms with E-state index >= 15 is 0 Å². The minimum absolute atomic E-state index is 0.330. The van der Waals surface area contributed by atoms with Crippen LogP contribution in [0.4, 0.5) is 0 Å². The van der Waals surface area contributed by atoms with E-state index in [2.05, 4.69) is 4.72 Å². The number of carboxylic acid groups (broad SMARTS) is 1. The Morgan fingerprint density at radius 3 is 1.96 bits per heavy atom. The zero-order valence-corrected chi connectivity index (χ0v) is 13.8. The van der Waals surface area contributed by atoms with Gasteiger partial charge in [0.25, 0.3) is 0 Å². The molecular weight excluding hydrogens is 314 g/mol. The molecule has 0 bridgehead atoms. The van der Waals surface area contributed by atoms with E-state index in [0.29, 0.717) is 17.0 Å². The van der Waals surface area contributed by atoms with Gasteiger partial charge in [0.2, 0.25) is 10.0 Å². The van der Waals surface area contributed by atoms with Gasteiger partial charge in [0.15, 0.2) is 0 Å². The summed E-state index contributed by atoms with van der Waals surface area (Å²) in [6, 6.07) is 16.7. The normalized spacial score (nSPS) is 10.5. The van der Waals surface area contributed by atoms with Gasteiger partial charge in [-0.05, 0) is 30.7 Å². The van der Waals surface area contributed by atoms with Gasteiger partial charge in [-0.15, -0.1) is 0 Å². The number of hydrogen-bond acceptors (Lipinski definition) is 3. The van der Waals surface area contributed by atoms with E-state index in [1.165, 1.54) is 0 Å². The summed E-state index contributed by atoms with van der Waals surface area (Å²) in [5, 5.41) is 8.38. The van der Waals surface area contributed by atoms with Crippen molar-refractivity contribution in [3.63, 3.8) is 0 Å². The van der Waals surface area contributed by atoms with Gasteiger partial charge in [-0.1, -0.05) is 49.7 Å². The highest BCUT2D eigenvalue weighted by atomic mass is 32.2. The molecule has 5 nitrogen and oxygen atoms in total. The van der Waals surface area contributed by atoms with E-state index in [-0.39, 0.29) is 0 Å². The SMILES string of the molecule is CCCCNS(=O)(=O)c1ccccc1.O=C(O)c1ccccc1. The molecular formula is C17H21NO4S. The maximum Gasteiger partial charge on any atom is 0.335 e. The highest BCUT2D eigenvalue weighted by Crippen LogP contribution is 2.06. The largest absolute Gasteiger partial charge is 0.478 e. The standard InChI is InChI=1S/C10H15NO2S.C7H6O2/c1-2-3-9-11-14(12,13)10-7-5-4-6-8-10;8-7(9)6-4-2-1-3-5-6/h4-8,11H,2-3,9H2,1H3;1-5H,(H,8,9). The van der Waals surface area contributed by atoms with Gasteiger partial charge in [0, 0.05) is 6.54 Å². The van der Waals surface area contributed by atoms with Gasteiger partial charge < -0.3 is 5.11 Å². The van der Waals surface area contributed by atoms with Crippen LogP contribution in [0, 0.1) is 0 Å². The minimum Gasteiger partial charge on any atom is -0.478 e. The fourth-order valence-corrected chi connectivity index (χ4v) is 2.74. The van der Waals surface area contributed by atoms with Gasteiger partial charge in [-0.3, -0.25) is 0 Å². The number of nitrogens with one attached hydrogen (secondary N) is 1. The van der Waals surface area contributed by atoms with Crippen LogP contribution in [-0.4, -0.2) is 26.0 Å². The predicted molar refractivity (Wildman–Crippen MR) is 89.9 cm³/mol. The minimum atomic E-state index is -3.28. The number of rotatable bonds is 6. The monoisotopic (exact) mass is 335 g/mol. The number of hydrogen-bond donors (Lipinski definition) is 2. The second-order valence-electron chi connectivity index (χ2n) is 4.74. The molecule has 0 saturated carbocycles. The van der Waals surface area contributed by atoms with Crippen molar-refractivity contribution >= 4 is 16.0 Å². The van der Waals surface area contributed by atoms with Crippen LogP contribution in [0.15, 0.2) is 65.6 Å². The molecule has 124 valence electrons. The molecule has 0 radical (unpaired) electrons. The first-order chi connectivity index (χ1) is 11.0. The molecule has 2 aromatic carbocycles. The van der Waals surface area contributed by atoms with Crippen LogP contribution >= 0.6 is 0 Å². The lowest BCUT2D eigenvalue weighted by molar-refractivity contribution is 0.0697. The van der Waals surface area contributed by atoms with E-state index in [4.69, 9.17) is 5.11 Å². The van der Waals surface area contributed by atoms with Crippen molar-refractivity contribution < 1.29 is 18.3 Å². The van der Waals surface area contributed by atoms with Crippen LogP contribution < -0.4 is 4.72 Å². The van der Waals surface area contributed by atoms with Crippen molar-refractivity contribution in [3.05, 3.63) is 66.2 Å². The van der Waals surface area contributed by atoms with E-state index in [9.17, 15) is 13.2 Å². The van der Waals surface area contributed by atoms with Crippen LogP contribution in [-0.2, 0) is 10.0 Å². The maximum atomic E-state index is 11.6. The molecule has 0 saturated heterocycles. The molecule has 0 spiro atoms. The topological polar surface area (TPSA) is 83.5 Å². The molecule has 0 unspecified atom stereocenters. The number of carbonyl (C=O) groups is 1. The van der Waals surface area contributed by atoms with Crippen LogP contribution in [0.1, 0.15) is 30.1 Å². The van der Waals surface area contributed by atoms with E-state index < -0.39 is 16.0 Å². The predicted octanol–water partition coefficient (Wildman–Crippen LogP) is 3.15. The van der Waals surface area contributed by atoms with Crippen LogP contribution in [0.3, 0.4) is 0 Å². The molecule has 0 atom stereocenters. The highest BCUT2D eigenvalue weighted by Gasteiger charge is 2.11. The summed E-state index contributed by atoms with van der Waals surface area (Å²) in [6.45, 7) is 2.53. The first-order valence-electron chi connectivity index (χ1n) is 7.30. The quantitative estimate of drug-likeness (QED) is 0.794. The average molecular weight is 335 g/mol. The number of unbranched alkanes of at least 4 members (excludes halogenated alkanes) is 1. The van der Waals surface area contributed by atoms with E-state index in [1.807, 2.05) is 6.92 Å². The summed E-state index contributed by atoms with van der Waals surface area (Å²) in [6.07, 6.45) is 1.85. The maximum absolute atomic E-state index is 11.6. The second-order valence-corrected chi connectivity index (χ2v) is 6.50. The van der Waals surface area contributed by atoms with Gasteiger partial charge in [0.1, 0.15) is 0 Å². The Labute approximate surface area is 137 Å². The lowest BCUT2D eigenvalue weighted by atomic mass is 10.2. The Morgan fingerprint density at radius 1 is 1.00 bits per heavy atom. The summed E-state index contributed by atoms with van der Waals surface area (Å²) in [5.74, 6) is -0.879. The Morgan fingerprint density at radius 2 is 1.52 bits per heavy atom. The number of benzene rings is 2. The smallest absolute Gasteiger partial charge is 0.335 e.